The van der Waals surface area contributed by atoms with Crippen molar-refractivity contribution in [2.45, 2.75) is 0 Å². The smallest absolute Gasteiger partial charge is 0.150 e. The molecule has 0 unspecified atom stereocenters. The highest BCUT2D eigenvalue weighted by atomic mass is 19.1. The third kappa shape index (κ3) is 1.98. The Morgan fingerprint density at radius 3 is 2.50 bits per heavy atom. The molecule has 2 aromatic carbocycles. The zero-order chi connectivity index (χ0) is 11.5. The van der Waals surface area contributed by atoms with E-state index in [0.29, 0.717) is 17.4 Å². The first-order valence-electron chi connectivity index (χ1n) is 4.71. The van der Waals surface area contributed by atoms with Crippen molar-refractivity contribution in [3.05, 3.63) is 59.7 Å². The van der Waals surface area contributed by atoms with Crippen molar-refractivity contribution >= 4 is 6.29 Å². The minimum atomic E-state index is -0.476. The lowest BCUT2D eigenvalue weighted by atomic mass is 10.0. The van der Waals surface area contributed by atoms with E-state index in [4.69, 9.17) is 0 Å². The van der Waals surface area contributed by atoms with E-state index in [-0.39, 0.29) is 5.56 Å². The van der Waals surface area contributed by atoms with Gasteiger partial charge in [-0.3, -0.25) is 4.79 Å². The fourth-order valence-corrected chi connectivity index (χ4v) is 1.49. The molecule has 0 radical (unpaired) electrons. The second-order valence-electron chi connectivity index (χ2n) is 3.37. The van der Waals surface area contributed by atoms with Gasteiger partial charge in [0.2, 0.25) is 0 Å². The molecule has 0 spiro atoms. The van der Waals surface area contributed by atoms with Gasteiger partial charge in [-0.25, -0.2) is 8.78 Å². The second kappa shape index (κ2) is 4.23. The van der Waals surface area contributed by atoms with E-state index in [0.717, 1.165) is 0 Å². The maximum absolute atomic E-state index is 13.5. The topological polar surface area (TPSA) is 17.1 Å². The summed E-state index contributed by atoms with van der Waals surface area (Å²) in [5, 5.41) is 0. The summed E-state index contributed by atoms with van der Waals surface area (Å²) in [5.41, 5.74) is 1.01. The lowest BCUT2D eigenvalue weighted by molar-refractivity contribution is 0.112. The highest BCUT2D eigenvalue weighted by Gasteiger charge is 2.06. The minimum Gasteiger partial charge on any atom is -0.298 e. The fraction of sp³-hybridized carbons (Fsp3) is 0. The van der Waals surface area contributed by atoms with Gasteiger partial charge in [0, 0.05) is 11.1 Å². The predicted octanol–water partition coefficient (Wildman–Crippen LogP) is 3.44. The number of benzene rings is 2. The van der Waals surface area contributed by atoms with Crippen LogP contribution in [-0.4, -0.2) is 6.29 Å². The van der Waals surface area contributed by atoms with Crippen molar-refractivity contribution in [1.82, 2.24) is 0 Å². The van der Waals surface area contributed by atoms with E-state index < -0.39 is 11.6 Å². The zero-order valence-corrected chi connectivity index (χ0v) is 8.28. The number of aldehydes is 1. The molecular formula is C13H8F2O. The van der Waals surface area contributed by atoms with Crippen LogP contribution in [0.3, 0.4) is 0 Å². The van der Waals surface area contributed by atoms with Crippen LogP contribution in [-0.2, 0) is 0 Å². The van der Waals surface area contributed by atoms with Crippen molar-refractivity contribution in [2.24, 2.45) is 0 Å². The van der Waals surface area contributed by atoms with Crippen molar-refractivity contribution in [3.8, 4) is 11.1 Å². The summed E-state index contributed by atoms with van der Waals surface area (Å²) in [4.78, 5) is 10.6. The summed E-state index contributed by atoms with van der Waals surface area (Å²) in [6, 6.07) is 9.58. The number of rotatable bonds is 2. The largest absolute Gasteiger partial charge is 0.298 e. The Balaban J connectivity index is 2.58. The quantitative estimate of drug-likeness (QED) is 0.705. The fourth-order valence-electron chi connectivity index (χ4n) is 1.49. The maximum atomic E-state index is 13.5. The van der Waals surface area contributed by atoms with Crippen molar-refractivity contribution in [3.63, 3.8) is 0 Å². The first kappa shape index (κ1) is 10.5. The van der Waals surface area contributed by atoms with Crippen LogP contribution in [0.2, 0.25) is 0 Å². The molecular weight excluding hydrogens is 210 g/mol. The summed E-state index contributed by atoms with van der Waals surface area (Å²) in [6.07, 6.45) is 0.627. The normalized spacial score (nSPS) is 10.1. The molecule has 3 heteroatoms. The van der Waals surface area contributed by atoms with Crippen molar-refractivity contribution in [1.29, 1.82) is 0 Å². The highest BCUT2D eigenvalue weighted by molar-refractivity contribution is 5.79. The minimum absolute atomic E-state index is 0.226. The highest BCUT2D eigenvalue weighted by Crippen LogP contribution is 2.24. The molecule has 80 valence electrons. The van der Waals surface area contributed by atoms with Crippen molar-refractivity contribution < 1.29 is 13.6 Å². The van der Waals surface area contributed by atoms with Crippen LogP contribution in [0.4, 0.5) is 8.78 Å². The molecule has 0 saturated heterocycles. The molecule has 2 rings (SSSR count). The van der Waals surface area contributed by atoms with Crippen LogP contribution in [0.15, 0.2) is 42.5 Å². The molecule has 0 N–H and O–H groups in total. The van der Waals surface area contributed by atoms with Gasteiger partial charge in [-0.05, 0) is 35.9 Å². The summed E-state index contributed by atoms with van der Waals surface area (Å²) in [7, 11) is 0. The molecule has 0 atom stereocenters. The maximum Gasteiger partial charge on any atom is 0.150 e. The average molecular weight is 218 g/mol. The average Bonchev–Trinajstić information content (AvgIpc) is 2.30. The van der Waals surface area contributed by atoms with E-state index in [1.165, 1.54) is 36.4 Å². The molecule has 1 nitrogen and oxygen atoms in total. The summed E-state index contributed by atoms with van der Waals surface area (Å²) < 4.78 is 26.5. The molecule has 16 heavy (non-hydrogen) atoms. The van der Waals surface area contributed by atoms with Crippen LogP contribution >= 0.6 is 0 Å². The Labute approximate surface area is 91.3 Å². The number of halogens is 2. The molecule has 0 fully saturated rings. The van der Waals surface area contributed by atoms with E-state index >= 15 is 0 Å². The summed E-state index contributed by atoms with van der Waals surface area (Å²) >= 11 is 0. The van der Waals surface area contributed by atoms with Crippen LogP contribution in [0.1, 0.15) is 10.4 Å². The van der Waals surface area contributed by atoms with Crippen molar-refractivity contribution in [2.75, 3.05) is 0 Å². The van der Waals surface area contributed by atoms with Crippen LogP contribution < -0.4 is 0 Å². The van der Waals surface area contributed by atoms with Gasteiger partial charge in [-0.1, -0.05) is 12.1 Å². The molecule has 0 aliphatic rings. The molecule has 0 saturated carbocycles. The third-order valence-electron chi connectivity index (χ3n) is 2.26. The molecule has 0 heterocycles. The first-order valence-corrected chi connectivity index (χ1v) is 4.71. The second-order valence-corrected chi connectivity index (χ2v) is 3.37. The SMILES string of the molecule is O=Cc1ccc(F)c(-c2cccc(F)c2)c1. The molecule has 0 aliphatic heterocycles. The number of carbonyl (C=O) groups excluding carboxylic acids is 1. The van der Waals surface area contributed by atoms with E-state index in [9.17, 15) is 13.6 Å². The van der Waals surface area contributed by atoms with Gasteiger partial charge in [0.1, 0.15) is 17.9 Å². The van der Waals surface area contributed by atoms with Gasteiger partial charge < -0.3 is 0 Å². The number of carbonyl (C=O) groups is 1. The third-order valence-corrected chi connectivity index (χ3v) is 2.26. The monoisotopic (exact) mass is 218 g/mol. The molecule has 0 amide bonds. The molecule has 0 aromatic heterocycles. The van der Waals surface area contributed by atoms with Crippen LogP contribution in [0.5, 0.6) is 0 Å². The van der Waals surface area contributed by atoms with E-state index in [2.05, 4.69) is 0 Å². The van der Waals surface area contributed by atoms with Gasteiger partial charge in [0.25, 0.3) is 0 Å². The van der Waals surface area contributed by atoms with Crippen LogP contribution in [0, 0.1) is 11.6 Å². The lowest BCUT2D eigenvalue weighted by Gasteiger charge is -2.04. The van der Waals surface area contributed by atoms with E-state index in [1.807, 2.05) is 0 Å². The zero-order valence-electron chi connectivity index (χ0n) is 8.28. The lowest BCUT2D eigenvalue weighted by Crippen LogP contribution is -1.88. The van der Waals surface area contributed by atoms with Gasteiger partial charge in [0.05, 0.1) is 0 Å². The molecule has 2 aromatic rings. The molecule has 0 bridgehead atoms. The van der Waals surface area contributed by atoms with Gasteiger partial charge in [-0.2, -0.15) is 0 Å². The summed E-state index contributed by atoms with van der Waals surface area (Å²) in [6.45, 7) is 0. The van der Waals surface area contributed by atoms with Gasteiger partial charge in [0.15, 0.2) is 0 Å². The van der Waals surface area contributed by atoms with Gasteiger partial charge in [-0.15, -0.1) is 0 Å². The Morgan fingerprint density at radius 1 is 1.00 bits per heavy atom. The Kier molecular flexibility index (Phi) is 2.77. The molecule has 0 aliphatic carbocycles. The summed E-state index contributed by atoms with van der Waals surface area (Å²) in [5.74, 6) is -0.912. The first-order chi connectivity index (χ1) is 7.70. The Hall–Kier alpha value is -2.03. The predicted molar refractivity (Wildman–Crippen MR) is 57.2 cm³/mol. The standard InChI is InChI=1S/C13H8F2O/c14-11-3-1-2-10(7-11)12-6-9(8-16)4-5-13(12)15/h1-8H. The van der Waals surface area contributed by atoms with Gasteiger partial charge >= 0.3 is 0 Å². The Morgan fingerprint density at radius 2 is 1.81 bits per heavy atom. The number of hydrogen-bond acceptors (Lipinski definition) is 1. The van der Waals surface area contributed by atoms with E-state index in [1.54, 1.807) is 6.07 Å². The Bertz CT molecular complexity index is 535. The number of hydrogen-bond donors (Lipinski definition) is 0. The van der Waals surface area contributed by atoms with Crippen LogP contribution in [0.25, 0.3) is 11.1 Å².